The second-order valence-electron chi connectivity index (χ2n) is 5.97. The number of hydrogen-bond acceptors (Lipinski definition) is 4. The second-order valence-corrected chi connectivity index (χ2v) is 8.14. The van der Waals surface area contributed by atoms with Crippen molar-refractivity contribution in [2.45, 2.75) is 9.79 Å². The number of rotatable bonds is 4. The summed E-state index contributed by atoms with van der Waals surface area (Å²) in [6.07, 6.45) is 0. The van der Waals surface area contributed by atoms with Crippen LogP contribution in [0.25, 0.3) is 0 Å². The van der Waals surface area contributed by atoms with E-state index in [1.54, 1.807) is 48.5 Å². The van der Waals surface area contributed by atoms with Crippen molar-refractivity contribution < 1.29 is 18.4 Å². The Labute approximate surface area is 168 Å². The SMILES string of the molecule is O=C1C(Sc2ccc(F)cc2)=C(Sc2ccc(F)cc2)C(=O)c2ccccc21. The third-order valence-electron chi connectivity index (χ3n) is 4.10. The lowest BCUT2D eigenvalue weighted by Crippen LogP contribution is -2.19. The summed E-state index contributed by atoms with van der Waals surface area (Å²) < 4.78 is 26.4. The molecule has 0 aliphatic heterocycles. The smallest absolute Gasteiger partial charge is 0.201 e. The van der Waals surface area contributed by atoms with Crippen LogP contribution in [0.3, 0.4) is 0 Å². The normalized spacial score (nSPS) is 13.6. The Hall–Kier alpha value is -2.70. The predicted molar refractivity (Wildman–Crippen MR) is 107 cm³/mol. The molecule has 28 heavy (non-hydrogen) atoms. The van der Waals surface area contributed by atoms with Gasteiger partial charge in [-0.25, -0.2) is 8.78 Å². The first kappa shape index (κ1) is 18.7. The molecular formula is C22H12F2O2S2. The molecule has 6 heteroatoms. The van der Waals surface area contributed by atoms with Crippen molar-refractivity contribution in [1.29, 1.82) is 0 Å². The van der Waals surface area contributed by atoms with Crippen molar-refractivity contribution in [3.63, 3.8) is 0 Å². The Morgan fingerprint density at radius 3 is 1.25 bits per heavy atom. The number of hydrogen-bond donors (Lipinski definition) is 0. The molecule has 0 unspecified atom stereocenters. The van der Waals surface area contributed by atoms with Gasteiger partial charge in [0.1, 0.15) is 11.6 Å². The maximum absolute atomic E-state index is 13.2. The molecule has 0 aromatic heterocycles. The van der Waals surface area contributed by atoms with Crippen LogP contribution in [-0.4, -0.2) is 11.6 Å². The van der Waals surface area contributed by atoms with Gasteiger partial charge in [-0.3, -0.25) is 9.59 Å². The molecule has 138 valence electrons. The zero-order valence-electron chi connectivity index (χ0n) is 14.3. The fourth-order valence-corrected chi connectivity index (χ4v) is 4.80. The summed E-state index contributed by atoms with van der Waals surface area (Å²) in [5.41, 5.74) is 0.695. The molecule has 0 bridgehead atoms. The molecule has 0 heterocycles. The molecule has 4 rings (SSSR count). The van der Waals surface area contributed by atoms with Crippen molar-refractivity contribution in [2.24, 2.45) is 0 Å². The zero-order valence-corrected chi connectivity index (χ0v) is 16.0. The molecule has 0 spiro atoms. The minimum atomic E-state index is -0.379. The zero-order chi connectivity index (χ0) is 19.7. The van der Waals surface area contributed by atoms with Crippen LogP contribution in [0.1, 0.15) is 20.7 Å². The molecule has 2 nitrogen and oxygen atoms in total. The molecule has 0 atom stereocenters. The highest BCUT2D eigenvalue weighted by Crippen LogP contribution is 2.43. The number of fused-ring (bicyclic) bond motifs is 1. The number of Topliss-reactive ketones (excluding diaryl/α,β-unsaturated/α-hetero) is 2. The van der Waals surface area contributed by atoms with Gasteiger partial charge in [0.25, 0.3) is 0 Å². The minimum Gasteiger partial charge on any atom is -0.288 e. The Kier molecular flexibility index (Phi) is 5.15. The molecule has 0 radical (unpaired) electrons. The van der Waals surface area contributed by atoms with E-state index in [0.717, 1.165) is 23.5 Å². The molecule has 1 aliphatic rings. The molecular weight excluding hydrogens is 398 g/mol. The van der Waals surface area contributed by atoms with Gasteiger partial charge in [0, 0.05) is 20.9 Å². The van der Waals surface area contributed by atoms with Crippen molar-refractivity contribution in [3.05, 3.63) is 105 Å². The average molecular weight is 410 g/mol. The predicted octanol–water partition coefficient (Wildman–Crippen LogP) is 6.14. The lowest BCUT2D eigenvalue weighted by molar-refractivity contribution is 0.0988. The summed E-state index contributed by atoms with van der Waals surface area (Å²) in [5, 5.41) is 0. The fraction of sp³-hybridized carbons (Fsp3) is 0. The summed E-state index contributed by atoms with van der Waals surface area (Å²) in [6.45, 7) is 0. The van der Waals surface area contributed by atoms with Gasteiger partial charge in [-0.2, -0.15) is 0 Å². The van der Waals surface area contributed by atoms with Crippen molar-refractivity contribution in [3.8, 4) is 0 Å². The van der Waals surface area contributed by atoms with E-state index in [9.17, 15) is 18.4 Å². The number of allylic oxidation sites excluding steroid dienone is 2. The van der Waals surface area contributed by atoms with Crippen LogP contribution in [0.5, 0.6) is 0 Å². The number of carbonyl (C=O) groups excluding carboxylic acids is 2. The van der Waals surface area contributed by atoms with Gasteiger partial charge in [0.05, 0.1) is 9.81 Å². The molecule has 0 saturated carbocycles. The summed E-state index contributed by atoms with van der Waals surface area (Å²) >= 11 is 2.25. The molecule has 3 aromatic rings. The Morgan fingerprint density at radius 1 is 0.536 bits per heavy atom. The van der Waals surface area contributed by atoms with E-state index in [1.165, 1.54) is 24.3 Å². The van der Waals surface area contributed by atoms with Gasteiger partial charge in [-0.05, 0) is 48.5 Å². The fourth-order valence-electron chi connectivity index (χ4n) is 2.76. The lowest BCUT2D eigenvalue weighted by atomic mass is 9.94. The maximum Gasteiger partial charge on any atom is 0.201 e. The first-order chi connectivity index (χ1) is 13.5. The Bertz CT molecular complexity index is 1020. The minimum absolute atomic E-state index is 0.255. The van der Waals surface area contributed by atoms with Gasteiger partial charge in [-0.15, -0.1) is 0 Å². The van der Waals surface area contributed by atoms with Crippen LogP contribution in [0, 0.1) is 11.6 Å². The Morgan fingerprint density at radius 2 is 0.893 bits per heavy atom. The lowest BCUT2D eigenvalue weighted by Gasteiger charge is -2.20. The van der Waals surface area contributed by atoms with E-state index in [1.807, 2.05) is 0 Å². The summed E-state index contributed by atoms with van der Waals surface area (Å²) in [4.78, 5) is 28.1. The van der Waals surface area contributed by atoms with E-state index in [0.29, 0.717) is 20.9 Å². The molecule has 1 aliphatic carbocycles. The first-order valence-electron chi connectivity index (χ1n) is 8.32. The second kappa shape index (κ2) is 7.73. The number of halogens is 2. The summed E-state index contributed by atoms with van der Waals surface area (Å²) in [5.74, 6) is -1.27. The summed E-state index contributed by atoms with van der Waals surface area (Å²) in [6, 6.07) is 18.1. The number of thioether (sulfide) groups is 2. The van der Waals surface area contributed by atoms with E-state index < -0.39 is 0 Å². The highest BCUT2D eigenvalue weighted by Gasteiger charge is 2.33. The van der Waals surface area contributed by atoms with Gasteiger partial charge in [0.15, 0.2) is 0 Å². The van der Waals surface area contributed by atoms with Gasteiger partial charge < -0.3 is 0 Å². The number of benzene rings is 3. The van der Waals surface area contributed by atoms with Crippen LogP contribution < -0.4 is 0 Å². The van der Waals surface area contributed by atoms with Crippen LogP contribution in [0.2, 0.25) is 0 Å². The van der Waals surface area contributed by atoms with E-state index in [4.69, 9.17) is 0 Å². The molecule has 0 fully saturated rings. The summed E-state index contributed by atoms with van der Waals surface area (Å²) in [7, 11) is 0. The molecule has 0 amide bonds. The van der Waals surface area contributed by atoms with E-state index in [2.05, 4.69) is 0 Å². The third-order valence-corrected chi connectivity index (χ3v) is 6.43. The quantitative estimate of drug-likeness (QED) is 0.517. The number of ketones is 2. The van der Waals surface area contributed by atoms with Crippen LogP contribution in [0.15, 0.2) is 92.4 Å². The largest absolute Gasteiger partial charge is 0.288 e. The first-order valence-corrected chi connectivity index (χ1v) is 9.96. The molecule has 0 N–H and O–H groups in total. The Balaban J connectivity index is 1.80. The van der Waals surface area contributed by atoms with Gasteiger partial charge in [0.2, 0.25) is 11.6 Å². The van der Waals surface area contributed by atoms with Crippen molar-refractivity contribution in [1.82, 2.24) is 0 Å². The van der Waals surface area contributed by atoms with Crippen LogP contribution in [-0.2, 0) is 0 Å². The van der Waals surface area contributed by atoms with E-state index in [-0.39, 0.29) is 33.0 Å². The van der Waals surface area contributed by atoms with Crippen LogP contribution in [0.4, 0.5) is 8.78 Å². The molecule has 0 saturated heterocycles. The standard InChI is InChI=1S/C22H12F2O2S2/c23-13-5-9-15(10-6-13)27-21-19(25)17-3-1-2-4-18(17)20(26)22(21)28-16-11-7-14(24)8-12-16/h1-12H. The highest BCUT2D eigenvalue weighted by atomic mass is 32.2. The topological polar surface area (TPSA) is 34.1 Å². The number of carbonyl (C=O) groups is 2. The van der Waals surface area contributed by atoms with Gasteiger partial charge in [-0.1, -0.05) is 47.8 Å². The average Bonchev–Trinajstić information content (AvgIpc) is 2.71. The van der Waals surface area contributed by atoms with E-state index >= 15 is 0 Å². The highest BCUT2D eigenvalue weighted by molar-refractivity contribution is 8.08. The maximum atomic E-state index is 13.2. The van der Waals surface area contributed by atoms with Crippen molar-refractivity contribution in [2.75, 3.05) is 0 Å². The molecule has 3 aromatic carbocycles. The van der Waals surface area contributed by atoms with Gasteiger partial charge >= 0.3 is 0 Å². The third kappa shape index (κ3) is 3.66. The monoisotopic (exact) mass is 410 g/mol. The van der Waals surface area contributed by atoms with Crippen LogP contribution >= 0.6 is 23.5 Å². The van der Waals surface area contributed by atoms with Crippen molar-refractivity contribution >= 4 is 35.1 Å².